The molecule has 0 saturated carbocycles. The molecule has 0 aliphatic carbocycles. The average Bonchev–Trinajstić information content (AvgIpc) is 2.40. The van der Waals surface area contributed by atoms with E-state index in [-0.39, 0.29) is 22.2 Å². The van der Waals surface area contributed by atoms with Crippen LogP contribution in [0, 0.1) is 15.9 Å². The maximum Gasteiger partial charge on any atom is 0.311 e. The zero-order chi connectivity index (χ0) is 15.6. The molecule has 1 atom stereocenters. The van der Waals surface area contributed by atoms with Crippen molar-refractivity contribution >= 4 is 17.3 Å². The second kappa shape index (κ2) is 6.07. The van der Waals surface area contributed by atoms with Crippen LogP contribution in [0.2, 0.25) is 5.02 Å². The first-order valence-electron chi connectivity index (χ1n) is 6.06. The van der Waals surface area contributed by atoms with Gasteiger partial charge in [-0.3, -0.25) is 10.1 Å². The van der Waals surface area contributed by atoms with E-state index in [0.717, 1.165) is 0 Å². The van der Waals surface area contributed by atoms with Crippen LogP contribution in [0.4, 0.5) is 10.1 Å². The number of hydrogen-bond donors (Lipinski definition) is 1. The SMILES string of the molecule is C[C@H](N)c1cccc(F)c1Oc1cc(Cl)ccc1[N+](=O)[O-]. The van der Waals surface area contributed by atoms with Gasteiger partial charge in [0.2, 0.25) is 5.75 Å². The van der Waals surface area contributed by atoms with E-state index >= 15 is 0 Å². The van der Waals surface area contributed by atoms with Crippen LogP contribution in [-0.2, 0) is 0 Å². The van der Waals surface area contributed by atoms with Crippen LogP contribution in [0.1, 0.15) is 18.5 Å². The number of nitro groups is 1. The summed E-state index contributed by atoms with van der Waals surface area (Å²) in [5, 5.41) is 11.2. The second-order valence-electron chi connectivity index (χ2n) is 4.42. The van der Waals surface area contributed by atoms with Crippen LogP contribution in [0.15, 0.2) is 36.4 Å². The summed E-state index contributed by atoms with van der Waals surface area (Å²) in [5.74, 6) is -0.934. The van der Waals surface area contributed by atoms with Gasteiger partial charge in [-0.05, 0) is 19.1 Å². The van der Waals surface area contributed by atoms with Crippen molar-refractivity contribution in [2.75, 3.05) is 0 Å². The Hall–Kier alpha value is -2.18. The minimum atomic E-state index is -0.654. The first kappa shape index (κ1) is 15.2. The second-order valence-corrected chi connectivity index (χ2v) is 4.85. The maximum atomic E-state index is 13.9. The summed E-state index contributed by atoms with van der Waals surface area (Å²) in [6, 6.07) is 7.61. The zero-order valence-corrected chi connectivity index (χ0v) is 11.8. The van der Waals surface area contributed by atoms with Crippen molar-refractivity contribution in [3.63, 3.8) is 0 Å². The third-order valence-electron chi connectivity index (χ3n) is 2.82. The van der Waals surface area contributed by atoms with E-state index in [9.17, 15) is 14.5 Å². The first-order chi connectivity index (χ1) is 9.90. The fourth-order valence-corrected chi connectivity index (χ4v) is 1.98. The highest BCUT2D eigenvalue weighted by atomic mass is 35.5. The van der Waals surface area contributed by atoms with Gasteiger partial charge < -0.3 is 10.5 Å². The fraction of sp³-hybridized carbons (Fsp3) is 0.143. The molecule has 0 amide bonds. The molecule has 0 aliphatic rings. The maximum absolute atomic E-state index is 13.9. The Kier molecular flexibility index (Phi) is 4.40. The molecule has 0 heterocycles. The monoisotopic (exact) mass is 310 g/mol. The van der Waals surface area contributed by atoms with Crippen molar-refractivity contribution in [3.8, 4) is 11.5 Å². The Morgan fingerprint density at radius 2 is 2.10 bits per heavy atom. The Morgan fingerprint density at radius 3 is 2.71 bits per heavy atom. The van der Waals surface area contributed by atoms with E-state index in [2.05, 4.69) is 0 Å². The van der Waals surface area contributed by atoms with E-state index in [1.54, 1.807) is 13.0 Å². The van der Waals surface area contributed by atoms with Gasteiger partial charge >= 0.3 is 5.69 Å². The summed E-state index contributed by atoms with van der Waals surface area (Å²) >= 11 is 5.81. The quantitative estimate of drug-likeness (QED) is 0.678. The molecule has 21 heavy (non-hydrogen) atoms. The lowest BCUT2D eigenvalue weighted by Crippen LogP contribution is -2.08. The van der Waals surface area contributed by atoms with Crippen molar-refractivity contribution in [2.24, 2.45) is 5.73 Å². The molecule has 2 aromatic rings. The van der Waals surface area contributed by atoms with Crippen LogP contribution in [-0.4, -0.2) is 4.92 Å². The summed E-state index contributed by atoms with van der Waals surface area (Å²) in [4.78, 5) is 10.4. The van der Waals surface area contributed by atoms with Gasteiger partial charge in [0.25, 0.3) is 0 Å². The predicted molar refractivity (Wildman–Crippen MR) is 77.2 cm³/mol. The van der Waals surface area contributed by atoms with E-state index in [1.807, 2.05) is 0 Å². The van der Waals surface area contributed by atoms with Crippen LogP contribution in [0.3, 0.4) is 0 Å². The molecule has 5 nitrogen and oxygen atoms in total. The number of benzene rings is 2. The number of nitrogens with two attached hydrogens (primary N) is 1. The van der Waals surface area contributed by atoms with Crippen molar-refractivity contribution < 1.29 is 14.1 Å². The summed E-state index contributed by atoms with van der Waals surface area (Å²) in [6.07, 6.45) is 0. The van der Waals surface area contributed by atoms with Gasteiger partial charge in [-0.2, -0.15) is 0 Å². The van der Waals surface area contributed by atoms with E-state index < -0.39 is 16.8 Å². The third kappa shape index (κ3) is 3.29. The highest BCUT2D eigenvalue weighted by molar-refractivity contribution is 6.30. The van der Waals surface area contributed by atoms with Crippen LogP contribution in [0.25, 0.3) is 0 Å². The molecular formula is C14H12ClFN2O3. The fourth-order valence-electron chi connectivity index (χ4n) is 1.82. The zero-order valence-electron chi connectivity index (χ0n) is 11.0. The summed E-state index contributed by atoms with van der Waals surface area (Å²) < 4.78 is 19.3. The van der Waals surface area contributed by atoms with Gasteiger partial charge in [-0.25, -0.2) is 4.39 Å². The van der Waals surface area contributed by atoms with Gasteiger partial charge in [0, 0.05) is 28.8 Å². The molecule has 0 aromatic heterocycles. The van der Waals surface area contributed by atoms with Gasteiger partial charge in [-0.15, -0.1) is 0 Å². The van der Waals surface area contributed by atoms with E-state index in [4.69, 9.17) is 22.1 Å². The van der Waals surface area contributed by atoms with Crippen molar-refractivity contribution in [3.05, 3.63) is 62.9 Å². The molecule has 0 fully saturated rings. The Morgan fingerprint density at radius 1 is 1.38 bits per heavy atom. The Balaban J connectivity index is 2.53. The van der Waals surface area contributed by atoms with Gasteiger partial charge in [0.05, 0.1) is 4.92 Å². The molecule has 0 aliphatic heterocycles. The molecule has 110 valence electrons. The minimum Gasteiger partial charge on any atom is -0.447 e. The molecule has 0 saturated heterocycles. The number of rotatable bonds is 4. The Labute approximate surface area is 125 Å². The topological polar surface area (TPSA) is 78.4 Å². The molecule has 7 heteroatoms. The normalized spacial score (nSPS) is 12.0. The van der Waals surface area contributed by atoms with Crippen molar-refractivity contribution in [1.29, 1.82) is 0 Å². The summed E-state index contributed by atoms with van der Waals surface area (Å²) in [6.45, 7) is 1.66. The van der Waals surface area contributed by atoms with Crippen LogP contribution >= 0.6 is 11.6 Å². The van der Waals surface area contributed by atoms with Crippen molar-refractivity contribution in [2.45, 2.75) is 13.0 Å². The van der Waals surface area contributed by atoms with Gasteiger partial charge in [0.15, 0.2) is 11.6 Å². The molecule has 0 spiro atoms. The predicted octanol–water partition coefficient (Wildman–Crippen LogP) is 4.20. The summed E-state index contributed by atoms with van der Waals surface area (Å²) in [5.41, 5.74) is 5.86. The standard InChI is InChI=1S/C14H12ClFN2O3/c1-8(17)10-3-2-4-11(16)14(10)21-13-7-9(15)5-6-12(13)18(19)20/h2-8H,17H2,1H3/t8-/m0/s1. The van der Waals surface area contributed by atoms with E-state index in [0.29, 0.717) is 5.56 Å². The smallest absolute Gasteiger partial charge is 0.311 e. The van der Waals surface area contributed by atoms with Crippen molar-refractivity contribution in [1.82, 2.24) is 0 Å². The number of ether oxygens (including phenoxy) is 1. The van der Waals surface area contributed by atoms with Gasteiger partial charge in [0.1, 0.15) is 0 Å². The molecule has 2 N–H and O–H groups in total. The number of nitrogens with zero attached hydrogens (tertiary/aromatic N) is 1. The Bertz CT molecular complexity index is 692. The molecule has 2 rings (SSSR count). The summed E-state index contributed by atoms with van der Waals surface area (Å²) in [7, 11) is 0. The average molecular weight is 311 g/mol. The number of halogens is 2. The highest BCUT2D eigenvalue weighted by Crippen LogP contribution is 2.37. The number of hydrogen-bond acceptors (Lipinski definition) is 4. The molecule has 2 aromatic carbocycles. The molecule has 0 radical (unpaired) electrons. The van der Waals surface area contributed by atoms with Crippen LogP contribution < -0.4 is 10.5 Å². The number of para-hydroxylation sites is 1. The first-order valence-corrected chi connectivity index (χ1v) is 6.43. The largest absolute Gasteiger partial charge is 0.447 e. The van der Waals surface area contributed by atoms with Gasteiger partial charge in [-0.1, -0.05) is 23.7 Å². The lowest BCUT2D eigenvalue weighted by molar-refractivity contribution is -0.385. The molecular weight excluding hydrogens is 299 g/mol. The van der Waals surface area contributed by atoms with E-state index in [1.165, 1.54) is 30.3 Å². The minimum absolute atomic E-state index is 0.139. The lowest BCUT2D eigenvalue weighted by Gasteiger charge is -2.14. The lowest BCUT2D eigenvalue weighted by atomic mass is 10.1. The van der Waals surface area contributed by atoms with Crippen LogP contribution in [0.5, 0.6) is 11.5 Å². The highest BCUT2D eigenvalue weighted by Gasteiger charge is 2.20. The molecule has 0 bridgehead atoms. The molecule has 0 unspecified atom stereocenters. The third-order valence-corrected chi connectivity index (χ3v) is 3.05. The number of nitro benzene ring substituents is 1.